The van der Waals surface area contributed by atoms with Crippen molar-refractivity contribution < 1.29 is 14.6 Å². The lowest BCUT2D eigenvalue weighted by atomic mass is 10.1. The van der Waals surface area contributed by atoms with Crippen molar-refractivity contribution in [3.8, 4) is 11.1 Å². The fourth-order valence-electron chi connectivity index (χ4n) is 2.55. The van der Waals surface area contributed by atoms with E-state index in [1.54, 1.807) is 18.2 Å². The van der Waals surface area contributed by atoms with E-state index in [9.17, 15) is 25.0 Å². The summed E-state index contributed by atoms with van der Waals surface area (Å²) in [5.41, 5.74) is 1.09. The summed E-state index contributed by atoms with van der Waals surface area (Å²) in [7, 11) is 0. The van der Waals surface area contributed by atoms with Gasteiger partial charge in [-0.1, -0.05) is 42.5 Å². The molecule has 0 spiro atoms. The Bertz CT molecular complexity index is 1000. The zero-order valence-electron chi connectivity index (χ0n) is 13.9. The maximum absolute atomic E-state index is 12.5. The van der Waals surface area contributed by atoms with Crippen molar-refractivity contribution >= 4 is 23.0 Å². The maximum atomic E-state index is 12.5. The molecule has 0 heterocycles. The lowest BCUT2D eigenvalue weighted by molar-refractivity contribution is -0.394. The molecule has 0 fully saturated rings. The Balaban J connectivity index is 1.90. The molecule has 0 aliphatic heterocycles. The number of carbonyl (C=O) groups is 1. The van der Waals surface area contributed by atoms with Gasteiger partial charge in [-0.2, -0.15) is 0 Å². The topological polar surface area (TPSA) is 115 Å². The number of nitro groups is 2. The molecular formula is C19H13N3O5. The van der Waals surface area contributed by atoms with Gasteiger partial charge in [0.25, 0.3) is 17.3 Å². The molecule has 0 aliphatic carbocycles. The number of carbonyl (C=O) groups excluding carboxylic acids is 1. The highest BCUT2D eigenvalue weighted by Gasteiger charge is 2.20. The normalized spacial score (nSPS) is 10.2. The van der Waals surface area contributed by atoms with Gasteiger partial charge in [0.05, 0.1) is 21.5 Å². The van der Waals surface area contributed by atoms with Gasteiger partial charge in [0, 0.05) is 17.8 Å². The minimum absolute atomic E-state index is 0.166. The number of non-ortho nitro benzene ring substituents is 2. The van der Waals surface area contributed by atoms with E-state index in [0.29, 0.717) is 5.69 Å². The van der Waals surface area contributed by atoms with Gasteiger partial charge in [-0.05, 0) is 23.3 Å². The largest absolute Gasteiger partial charge is 0.322 e. The molecule has 0 bridgehead atoms. The van der Waals surface area contributed by atoms with E-state index >= 15 is 0 Å². The van der Waals surface area contributed by atoms with Gasteiger partial charge in [-0.3, -0.25) is 25.0 Å². The van der Waals surface area contributed by atoms with Crippen LogP contribution in [0.5, 0.6) is 0 Å². The quantitative estimate of drug-likeness (QED) is 0.532. The third-order valence-corrected chi connectivity index (χ3v) is 3.81. The minimum atomic E-state index is -0.778. The second kappa shape index (κ2) is 7.44. The van der Waals surface area contributed by atoms with E-state index in [1.165, 1.54) is 0 Å². The standard InChI is InChI=1S/C19H13N3O5/c23-19(15-10-17(21(24)25)12-18(11-15)22(26)27)20-16-8-4-7-14(9-16)13-5-2-1-3-6-13/h1-12H,(H,20,23). The molecule has 0 aromatic heterocycles. The van der Waals surface area contributed by atoms with Gasteiger partial charge in [0.2, 0.25) is 0 Å². The number of benzene rings is 3. The molecule has 1 N–H and O–H groups in total. The zero-order chi connectivity index (χ0) is 19.4. The van der Waals surface area contributed by atoms with Gasteiger partial charge in [0.1, 0.15) is 0 Å². The summed E-state index contributed by atoms with van der Waals surface area (Å²) in [6.07, 6.45) is 0. The van der Waals surface area contributed by atoms with Crippen LogP contribution in [0.1, 0.15) is 10.4 Å². The molecule has 0 aliphatic rings. The van der Waals surface area contributed by atoms with Crippen molar-refractivity contribution in [3.63, 3.8) is 0 Å². The maximum Gasteiger partial charge on any atom is 0.277 e. The number of amides is 1. The third-order valence-electron chi connectivity index (χ3n) is 3.81. The van der Waals surface area contributed by atoms with Crippen LogP contribution in [-0.4, -0.2) is 15.8 Å². The van der Waals surface area contributed by atoms with Gasteiger partial charge >= 0.3 is 0 Å². The summed E-state index contributed by atoms with van der Waals surface area (Å²) in [6, 6.07) is 19.4. The monoisotopic (exact) mass is 363 g/mol. The Kier molecular flexibility index (Phi) is 4.89. The van der Waals surface area contributed by atoms with Crippen molar-refractivity contribution in [3.05, 3.63) is 98.6 Å². The average molecular weight is 363 g/mol. The number of rotatable bonds is 5. The highest BCUT2D eigenvalue weighted by Crippen LogP contribution is 2.25. The Morgan fingerprint density at radius 1 is 0.741 bits per heavy atom. The molecule has 0 saturated heterocycles. The summed E-state index contributed by atoms with van der Waals surface area (Å²) in [5.74, 6) is -0.674. The Morgan fingerprint density at radius 3 is 1.93 bits per heavy atom. The van der Waals surface area contributed by atoms with E-state index in [0.717, 1.165) is 29.3 Å². The molecule has 8 heteroatoms. The Morgan fingerprint density at radius 2 is 1.33 bits per heavy atom. The Hall–Kier alpha value is -4.07. The van der Waals surface area contributed by atoms with Crippen LogP contribution < -0.4 is 5.32 Å². The van der Waals surface area contributed by atoms with E-state index < -0.39 is 27.1 Å². The first kappa shape index (κ1) is 17.7. The van der Waals surface area contributed by atoms with E-state index in [-0.39, 0.29) is 5.56 Å². The number of anilines is 1. The fourth-order valence-corrected chi connectivity index (χ4v) is 2.55. The third kappa shape index (κ3) is 4.13. The van der Waals surface area contributed by atoms with Crippen molar-refractivity contribution in [2.24, 2.45) is 0 Å². The number of nitro benzene ring substituents is 2. The summed E-state index contributed by atoms with van der Waals surface area (Å²) in [4.78, 5) is 32.8. The van der Waals surface area contributed by atoms with Crippen LogP contribution in [0, 0.1) is 20.2 Å². The summed E-state index contributed by atoms with van der Waals surface area (Å²) >= 11 is 0. The first-order valence-corrected chi connectivity index (χ1v) is 7.85. The van der Waals surface area contributed by atoms with Crippen LogP contribution in [0.25, 0.3) is 11.1 Å². The van der Waals surface area contributed by atoms with Crippen LogP contribution in [0.4, 0.5) is 17.1 Å². The molecule has 27 heavy (non-hydrogen) atoms. The Labute approximate surface area is 153 Å². The summed E-state index contributed by atoms with van der Waals surface area (Å²) < 4.78 is 0. The van der Waals surface area contributed by atoms with Crippen molar-refractivity contribution in [2.75, 3.05) is 5.32 Å². The zero-order valence-corrected chi connectivity index (χ0v) is 13.9. The number of hydrogen-bond donors (Lipinski definition) is 1. The molecule has 0 saturated carbocycles. The van der Waals surface area contributed by atoms with E-state index in [4.69, 9.17) is 0 Å². The SMILES string of the molecule is O=C(Nc1cccc(-c2ccccc2)c1)c1cc([N+](=O)[O-])cc([N+](=O)[O-])c1. The molecule has 3 rings (SSSR count). The molecule has 3 aromatic carbocycles. The number of hydrogen-bond acceptors (Lipinski definition) is 5. The van der Waals surface area contributed by atoms with Crippen LogP contribution in [0.2, 0.25) is 0 Å². The highest BCUT2D eigenvalue weighted by atomic mass is 16.6. The second-order valence-electron chi connectivity index (χ2n) is 5.65. The van der Waals surface area contributed by atoms with Crippen LogP contribution in [0.15, 0.2) is 72.8 Å². The lowest BCUT2D eigenvalue weighted by Crippen LogP contribution is -2.12. The second-order valence-corrected chi connectivity index (χ2v) is 5.65. The fraction of sp³-hybridized carbons (Fsp3) is 0. The molecule has 0 radical (unpaired) electrons. The van der Waals surface area contributed by atoms with Crippen LogP contribution >= 0.6 is 0 Å². The smallest absolute Gasteiger partial charge is 0.277 e. The highest BCUT2D eigenvalue weighted by molar-refractivity contribution is 6.05. The molecule has 134 valence electrons. The van der Waals surface area contributed by atoms with Crippen LogP contribution in [-0.2, 0) is 0 Å². The predicted molar refractivity (Wildman–Crippen MR) is 99.6 cm³/mol. The van der Waals surface area contributed by atoms with Gasteiger partial charge in [-0.15, -0.1) is 0 Å². The molecule has 3 aromatic rings. The van der Waals surface area contributed by atoms with E-state index in [1.807, 2.05) is 36.4 Å². The van der Waals surface area contributed by atoms with Crippen molar-refractivity contribution in [2.45, 2.75) is 0 Å². The molecule has 8 nitrogen and oxygen atoms in total. The lowest BCUT2D eigenvalue weighted by Gasteiger charge is -2.08. The first-order valence-electron chi connectivity index (χ1n) is 7.85. The summed E-state index contributed by atoms with van der Waals surface area (Å²) in [6.45, 7) is 0. The molecular weight excluding hydrogens is 350 g/mol. The van der Waals surface area contributed by atoms with E-state index in [2.05, 4.69) is 5.32 Å². The number of nitrogens with one attached hydrogen (secondary N) is 1. The first-order chi connectivity index (χ1) is 12.9. The van der Waals surface area contributed by atoms with Gasteiger partial charge < -0.3 is 5.32 Å². The molecule has 0 unspecified atom stereocenters. The molecule has 1 amide bonds. The van der Waals surface area contributed by atoms with Gasteiger partial charge in [-0.25, -0.2) is 0 Å². The number of nitrogens with zero attached hydrogens (tertiary/aromatic N) is 2. The summed E-state index contributed by atoms with van der Waals surface area (Å²) in [5, 5.41) is 24.5. The molecule has 0 atom stereocenters. The van der Waals surface area contributed by atoms with Crippen LogP contribution in [0.3, 0.4) is 0 Å². The van der Waals surface area contributed by atoms with Gasteiger partial charge in [0.15, 0.2) is 0 Å². The minimum Gasteiger partial charge on any atom is -0.322 e. The average Bonchev–Trinajstić information content (AvgIpc) is 2.68. The predicted octanol–water partition coefficient (Wildman–Crippen LogP) is 4.42. The van der Waals surface area contributed by atoms with Crippen molar-refractivity contribution in [1.82, 2.24) is 0 Å². The van der Waals surface area contributed by atoms with Crippen molar-refractivity contribution in [1.29, 1.82) is 0 Å².